The maximum absolute atomic E-state index is 11.0. The summed E-state index contributed by atoms with van der Waals surface area (Å²) in [5, 5.41) is 9.05. The number of nitrogens with zero attached hydrogens (tertiary/aromatic N) is 2. The van der Waals surface area contributed by atoms with Gasteiger partial charge in [0.15, 0.2) is 0 Å². The van der Waals surface area contributed by atoms with Gasteiger partial charge in [0.2, 0.25) is 0 Å². The standard InChI is InChI=1S/C12H16N2O2S/c15-12(16)8-1-2-11-13-10(6-14(11)5-8)9-3-4-17-7-9/h6,8-9H,1-5,7H2,(H,15,16). The van der Waals surface area contributed by atoms with E-state index in [9.17, 15) is 4.79 Å². The second kappa shape index (κ2) is 4.37. The zero-order chi connectivity index (χ0) is 11.8. The van der Waals surface area contributed by atoms with E-state index in [1.165, 1.54) is 23.6 Å². The molecular formula is C12H16N2O2S. The molecule has 3 heterocycles. The molecule has 92 valence electrons. The van der Waals surface area contributed by atoms with Crippen molar-refractivity contribution >= 4 is 17.7 Å². The van der Waals surface area contributed by atoms with Crippen LogP contribution in [0.15, 0.2) is 6.20 Å². The molecule has 2 aliphatic rings. The highest BCUT2D eigenvalue weighted by Gasteiger charge is 2.27. The highest BCUT2D eigenvalue weighted by molar-refractivity contribution is 7.99. The Hall–Kier alpha value is -0.970. The molecule has 0 aliphatic carbocycles. The van der Waals surface area contributed by atoms with E-state index >= 15 is 0 Å². The van der Waals surface area contributed by atoms with Crippen LogP contribution < -0.4 is 0 Å². The SMILES string of the molecule is O=C(O)C1CCc2nc(C3CCSC3)cn2C1. The maximum atomic E-state index is 11.0. The van der Waals surface area contributed by atoms with E-state index in [1.54, 1.807) is 0 Å². The second-order valence-corrected chi connectivity index (χ2v) is 6.02. The molecule has 0 saturated carbocycles. The van der Waals surface area contributed by atoms with Gasteiger partial charge >= 0.3 is 5.97 Å². The van der Waals surface area contributed by atoms with Crippen molar-refractivity contribution in [3.05, 3.63) is 17.7 Å². The molecule has 0 radical (unpaired) electrons. The van der Waals surface area contributed by atoms with Gasteiger partial charge in [-0.15, -0.1) is 0 Å². The van der Waals surface area contributed by atoms with Gasteiger partial charge in [0.1, 0.15) is 5.82 Å². The lowest BCUT2D eigenvalue weighted by Gasteiger charge is -2.19. The van der Waals surface area contributed by atoms with Gasteiger partial charge in [0.25, 0.3) is 0 Å². The van der Waals surface area contributed by atoms with Crippen molar-refractivity contribution in [3.63, 3.8) is 0 Å². The van der Waals surface area contributed by atoms with Crippen LogP contribution in [0, 0.1) is 5.92 Å². The number of hydrogen-bond donors (Lipinski definition) is 1. The number of carboxylic acid groups (broad SMARTS) is 1. The lowest BCUT2D eigenvalue weighted by atomic mass is 10.00. The summed E-state index contributed by atoms with van der Waals surface area (Å²) in [6, 6.07) is 0. The molecule has 1 saturated heterocycles. The van der Waals surface area contributed by atoms with E-state index < -0.39 is 5.97 Å². The number of aliphatic carboxylic acids is 1. The highest BCUT2D eigenvalue weighted by atomic mass is 32.2. The Bertz CT molecular complexity index is 438. The molecule has 2 aliphatic heterocycles. The fourth-order valence-corrected chi connectivity index (χ4v) is 3.87. The Morgan fingerprint density at radius 1 is 1.53 bits per heavy atom. The molecule has 17 heavy (non-hydrogen) atoms. The fraction of sp³-hybridized carbons (Fsp3) is 0.667. The summed E-state index contributed by atoms with van der Waals surface area (Å²) < 4.78 is 2.06. The smallest absolute Gasteiger partial charge is 0.308 e. The number of thioether (sulfide) groups is 1. The average Bonchev–Trinajstić information content (AvgIpc) is 2.96. The Balaban J connectivity index is 1.81. The van der Waals surface area contributed by atoms with Crippen molar-refractivity contribution in [2.75, 3.05) is 11.5 Å². The monoisotopic (exact) mass is 252 g/mol. The van der Waals surface area contributed by atoms with Crippen molar-refractivity contribution in [3.8, 4) is 0 Å². The minimum atomic E-state index is -0.678. The summed E-state index contributed by atoms with van der Waals surface area (Å²) in [7, 11) is 0. The van der Waals surface area contributed by atoms with E-state index in [1.807, 2.05) is 11.8 Å². The van der Waals surface area contributed by atoms with Crippen LogP contribution in [0.3, 0.4) is 0 Å². The number of carboxylic acids is 1. The molecule has 4 nitrogen and oxygen atoms in total. The summed E-state index contributed by atoms with van der Waals surface area (Å²) >= 11 is 1.99. The van der Waals surface area contributed by atoms with Crippen LogP contribution >= 0.6 is 11.8 Å². The molecule has 0 bridgehead atoms. The molecule has 5 heteroatoms. The summed E-state index contributed by atoms with van der Waals surface area (Å²) in [4.78, 5) is 15.7. The summed E-state index contributed by atoms with van der Waals surface area (Å²) in [5.41, 5.74) is 1.18. The Morgan fingerprint density at radius 2 is 2.41 bits per heavy atom. The van der Waals surface area contributed by atoms with E-state index in [-0.39, 0.29) is 5.92 Å². The number of hydrogen-bond acceptors (Lipinski definition) is 3. The normalized spacial score (nSPS) is 28.0. The molecule has 3 rings (SSSR count). The molecule has 1 aromatic heterocycles. The predicted octanol–water partition coefficient (Wildman–Crippen LogP) is 1.75. The third kappa shape index (κ3) is 2.08. The first-order chi connectivity index (χ1) is 8.24. The van der Waals surface area contributed by atoms with Gasteiger partial charge in [-0.05, 0) is 18.6 Å². The van der Waals surface area contributed by atoms with Crippen molar-refractivity contribution in [2.24, 2.45) is 5.92 Å². The highest BCUT2D eigenvalue weighted by Crippen LogP contribution is 2.33. The topological polar surface area (TPSA) is 55.1 Å². The van der Waals surface area contributed by atoms with Gasteiger partial charge in [-0.25, -0.2) is 4.98 Å². The van der Waals surface area contributed by atoms with Crippen LogP contribution in [0.25, 0.3) is 0 Å². The van der Waals surface area contributed by atoms with Crippen molar-refractivity contribution in [2.45, 2.75) is 31.7 Å². The minimum absolute atomic E-state index is 0.234. The summed E-state index contributed by atoms with van der Waals surface area (Å²) in [6.45, 7) is 0.595. The van der Waals surface area contributed by atoms with E-state index in [4.69, 9.17) is 5.11 Å². The lowest BCUT2D eigenvalue weighted by Crippen LogP contribution is -2.26. The zero-order valence-electron chi connectivity index (χ0n) is 9.63. The maximum Gasteiger partial charge on any atom is 0.308 e. The van der Waals surface area contributed by atoms with Crippen molar-refractivity contribution < 1.29 is 9.90 Å². The molecule has 0 amide bonds. The molecule has 0 aromatic carbocycles. The van der Waals surface area contributed by atoms with Gasteiger partial charge < -0.3 is 9.67 Å². The molecule has 1 fully saturated rings. The first-order valence-electron chi connectivity index (χ1n) is 6.10. The fourth-order valence-electron chi connectivity index (χ4n) is 2.63. The molecule has 1 aromatic rings. The van der Waals surface area contributed by atoms with Crippen LogP contribution in [0.2, 0.25) is 0 Å². The van der Waals surface area contributed by atoms with Crippen LogP contribution in [0.5, 0.6) is 0 Å². The van der Waals surface area contributed by atoms with Crippen molar-refractivity contribution in [1.82, 2.24) is 9.55 Å². The van der Waals surface area contributed by atoms with E-state index in [0.29, 0.717) is 12.5 Å². The first-order valence-corrected chi connectivity index (χ1v) is 7.26. The van der Waals surface area contributed by atoms with Crippen molar-refractivity contribution in [1.29, 1.82) is 0 Å². The molecule has 1 N–H and O–H groups in total. The largest absolute Gasteiger partial charge is 0.481 e. The molecule has 2 atom stereocenters. The lowest BCUT2D eigenvalue weighted by molar-refractivity contribution is -0.142. The quantitative estimate of drug-likeness (QED) is 0.871. The predicted molar refractivity (Wildman–Crippen MR) is 66.4 cm³/mol. The molecule has 0 spiro atoms. The summed E-state index contributed by atoms with van der Waals surface area (Å²) in [6.07, 6.45) is 4.83. The van der Waals surface area contributed by atoms with Gasteiger partial charge in [0, 0.05) is 30.8 Å². The minimum Gasteiger partial charge on any atom is -0.481 e. The Kier molecular flexibility index (Phi) is 2.86. The number of aryl methyl sites for hydroxylation is 1. The number of aromatic nitrogens is 2. The van der Waals surface area contributed by atoms with Gasteiger partial charge in [-0.1, -0.05) is 0 Å². The Morgan fingerprint density at radius 3 is 3.12 bits per heavy atom. The number of fused-ring (bicyclic) bond motifs is 1. The second-order valence-electron chi connectivity index (χ2n) is 4.87. The van der Waals surface area contributed by atoms with Crippen LogP contribution in [0.4, 0.5) is 0 Å². The molecular weight excluding hydrogens is 236 g/mol. The van der Waals surface area contributed by atoms with Crippen LogP contribution in [-0.2, 0) is 17.8 Å². The summed E-state index contributed by atoms with van der Waals surface area (Å²) in [5.74, 6) is 3.14. The van der Waals surface area contributed by atoms with Gasteiger partial charge in [-0.3, -0.25) is 4.79 Å². The average molecular weight is 252 g/mol. The van der Waals surface area contributed by atoms with Crippen LogP contribution in [-0.4, -0.2) is 32.1 Å². The number of carbonyl (C=O) groups is 1. The number of rotatable bonds is 2. The Labute approximate surface area is 104 Å². The van der Waals surface area contributed by atoms with Gasteiger partial charge in [-0.2, -0.15) is 11.8 Å². The van der Waals surface area contributed by atoms with Crippen LogP contribution in [0.1, 0.15) is 30.3 Å². The van der Waals surface area contributed by atoms with E-state index in [0.717, 1.165) is 18.7 Å². The van der Waals surface area contributed by atoms with Gasteiger partial charge in [0.05, 0.1) is 11.6 Å². The van der Waals surface area contributed by atoms with E-state index in [2.05, 4.69) is 15.7 Å². The third-order valence-electron chi connectivity index (χ3n) is 3.71. The number of imidazole rings is 1. The third-order valence-corrected chi connectivity index (χ3v) is 4.87. The molecule has 2 unspecified atom stereocenters. The zero-order valence-corrected chi connectivity index (χ0v) is 10.4. The first kappa shape index (κ1) is 11.1.